The minimum Gasteiger partial charge on any atom is -0.383 e. The number of fused-ring (bicyclic) bond motifs is 2. The summed E-state index contributed by atoms with van der Waals surface area (Å²) in [5.41, 5.74) is 9.70. The molecule has 0 radical (unpaired) electrons. The summed E-state index contributed by atoms with van der Waals surface area (Å²) in [6, 6.07) is 6.54. The van der Waals surface area contributed by atoms with E-state index in [1.807, 2.05) is 0 Å². The highest BCUT2D eigenvalue weighted by atomic mass is 16.5. The van der Waals surface area contributed by atoms with Crippen molar-refractivity contribution in [2.24, 2.45) is 0 Å². The number of aromatic nitrogens is 5. The first kappa shape index (κ1) is 22.8. The summed E-state index contributed by atoms with van der Waals surface area (Å²) in [7, 11) is 1.78. The van der Waals surface area contributed by atoms with Crippen LogP contribution in [-0.2, 0) is 9.47 Å². The Kier molecular flexibility index (Phi) is 6.20. The van der Waals surface area contributed by atoms with Crippen LogP contribution in [0, 0.1) is 0 Å². The molecule has 1 saturated carbocycles. The van der Waals surface area contributed by atoms with Gasteiger partial charge in [-0.1, -0.05) is 6.07 Å². The lowest BCUT2D eigenvalue weighted by molar-refractivity contribution is 0.0681. The van der Waals surface area contributed by atoms with Gasteiger partial charge < -0.3 is 25.4 Å². The van der Waals surface area contributed by atoms with E-state index in [2.05, 4.69) is 48.4 Å². The number of nitrogen functional groups attached to an aromatic ring is 1. The molecule has 0 bridgehead atoms. The number of nitrogens with two attached hydrogens (primary N) is 1. The van der Waals surface area contributed by atoms with E-state index in [9.17, 15) is 0 Å². The molecule has 1 aromatic carbocycles. The van der Waals surface area contributed by atoms with Gasteiger partial charge in [0.05, 0.1) is 35.7 Å². The van der Waals surface area contributed by atoms with Crippen molar-refractivity contribution in [3.05, 3.63) is 36.9 Å². The second-order valence-electron chi connectivity index (χ2n) is 9.40. The molecule has 4 heterocycles. The van der Waals surface area contributed by atoms with Crippen LogP contribution in [0.15, 0.2) is 36.9 Å². The second kappa shape index (κ2) is 9.79. The Labute approximate surface area is 209 Å². The lowest BCUT2D eigenvalue weighted by Crippen LogP contribution is -2.36. The largest absolute Gasteiger partial charge is 0.383 e. The predicted molar refractivity (Wildman–Crippen MR) is 140 cm³/mol. The average molecular weight is 487 g/mol. The van der Waals surface area contributed by atoms with Gasteiger partial charge in [-0.3, -0.25) is 0 Å². The molecule has 2 aliphatic rings. The van der Waals surface area contributed by atoms with E-state index in [0.29, 0.717) is 37.1 Å². The molecule has 4 aromatic rings. The van der Waals surface area contributed by atoms with E-state index in [-0.39, 0.29) is 0 Å². The van der Waals surface area contributed by atoms with Crippen LogP contribution in [0.2, 0.25) is 0 Å². The standard InChI is InChI=1S/C26H30N8O2/c1-35-18-5-3-17(4-6-18)32-26-29-14-21-23(33-26)20(13-28-24(21)27)16-2-7-19-22(12-16)30-15-31-25(19)34-8-10-36-11-9-34/h2,7,12-15,17-18H,3-6,8-11H2,1H3,(H2,27,28)(H,29,32,33). The van der Waals surface area contributed by atoms with Crippen LogP contribution < -0.4 is 16.0 Å². The Morgan fingerprint density at radius 3 is 2.64 bits per heavy atom. The summed E-state index contributed by atoms with van der Waals surface area (Å²) in [6.07, 6.45) is 9.64. The molecule has 1 saturated heterocycles. The molecule has 0 spiro atoms. The van der Waals surface area contributed by atoms with E-state index < -0.39 is 0 Å². The molecule has 186 valence electrons. The third kappa shape index (κ3) is 4.38. The highest BCUT2D eigenvalue weighted by Gasteiger charge is 2.22. The SMILES string of the molecule is COC1CCC(Nc2ncc3c(N)ncc(-c4ccc5c(N6CCOCC6)ncnc5c4)c3n2)CC1. The van der Waals surface area contributed by atoms with Crippen LogP contribution in [0.5, 0.6) is 0 Å². The first-order chi connectivity index (χ1) is 17.7. The van der Waals surface area contributed by atoms with Crippen molar-refractivity contribution in [3.8, 4) is 11.1 Å². The van der Waals surface area contributed by atoms with Crippen LogP contribution in [0.25, 0.3) is 32.9 Å². The molecule has 36 heavy (non-hydrogen) atoms. The monoisotopic (exact) mass is 486 g/mol. The highest BCUT2D eigenvalue weighted by molar-refractivity contribution is 6.01. The third-order valence-electron chi connectivity index (χ3n) is 7.23. The Bertz CT molecular complexity index is 1380. The van der Waals surface area contributed by atoms with E-state index in [1.165, 1.54) is 0 Å². The zero-order valence-corrected chi connectivity index (χ0v) is 20.4. The Hall–Kier alpha value is -3.63. The molecule has 3 N–H and O–H groups in total. The van der Waals surface area contributed by atoms with Crippen molar-refractivity contribution in [1.29, 1.82) is 0 Å². The summed E-state index contributed by atoms with van der Waals surface area (Å²) in [5.74, 6) is 1.96. The fraction of sp³-hybridized carbons (Fsp3) is 0.423. The third-order valence-corrected chi connectivity index (χ3v) is 7.23. The minimum atomic E-state index is 0.326. The van der Waals surface area contributed by atoms with Crippen molar-refractivity contribution < 1.29 is 9.47 Å². The number of nitrogens with zero attached hydrogens (tertiary/aromatic N) is 6. The molecule has 1 aliphatic heterocycles. The number of hydrogen-bond acceptors (Lipinski definition) is 10. The number of morpholine rings is 1. The first-order valence-corrected chi connectivity index (χ1v) is 12.5. The number of ether oxygens (including phenoxy) is 2. The van der Waals surface area contributed by atoms with E-state index in [1.54, 1.807) is 25.8 Å². The van der Waals surface area contributed by atoms with Crippen molar-refractivity contribution in [1.82, 2.24) is 24.9 Å². The average Bonchev–Trinajstić information content (AvgIpc) is 2.93. The van der Waals surface area contributed by atoms with Crippen LogP contribution >= 0.6 is 0 Å². The number of methoxy groups -OCH3 is 1. The molecule has 10 nitrogen and oxygen atoms in total. The molecule has 10 heteroatoms. The molecule has 0 unspecified atom stereocenters. The normalized spacial score (nSPS) is 20.6. The lowest BCUT2D eigenvalue weighted by atomic mass is 9.93. The number of rotatable bonds is 5. The molecular weight excluding hydrogens is 456 g/mol. The Balaban J connectivity index is 1.35. The fourth-order valence-corrected chi connectivity index (χ4v) is 5.18. The summed E-state index contributed by atoms with van der Waals surface area (Å²) in [5, 5.41) is 5.26. The molecular formula is C26H30N8O2. The zero-order chi connectivity index (χ0) is 24.5. The second-order valence-corrected chi connectivity index (χ2v) is 9.40. The van der Waals surface area contributed by atoms with E-state index >= 15 is 0 Å². The number of benzene rings is 1. The number of hydrogen-bond donors (Lipinski definition) is 2. The van der Waals surface area contributed by atoms with Crippen molar-refractivity contribution in [2.75, 3.05) is 49.4 Å². The lowest BCUT2D eigenvalue weighted by Gasteiger charge is -2.28. The van der Waals surface area contributed by atoms with Gasteiger partial charge in [0.2, 0.25) is 5.95 Å². The van der Waals surface area contributed by atoms with Crippen molar-refractivity contribution in [3.63, 3.8) is 0 Å². The van der Waals surface area contributed by atoms with E-state index in [0.717, 1.165) is 77.5 Å². The minimum absolute atomic E-state index is 0.326. The van der Waals surface area contributed by atoms with Crippen LogP contribution in [0.3, 0.4) is 0 Å². The summed E-state index contributed by atoms with van der Waals surface area (Å²) < 4.78 is 11.0. The fourth-order valence-electron chi connectivity index (χ4n) is 5.18. The molecule has 6 rings (SSSR count). The smallest absolute Gasteiger partial charge is 0.223 e. The maximum absolute atomic E-state index is 6.20. The predicted octanol–water partition coefficient (Wildman–Crippen LogP) is 3.42. The van der Waals surface area contributed by atoms with Crippen molar-refractivity contribution in [2.45, 2.75) is 37.8 Å². The van der Waals surface area contributed by atoms with Gasteiger partial charge in [0, 0.05) is 49.6 Å². The van der Waals surface area contributed by atoms with Gasteiger partial charge in [-0.2, -0.15) is 0 Å². The quantitative estimate of drug-likeness (QED) is 0.433. The van der Waals surface area contributed by atoms with Crippen LogP contribution in [0.4, 0.5) is 17.6 Å². The Morgan fingerprint density at radius 2 is 1.83 bits per heavy atom. The van der Waals surface area contributed by atoms with Crippen LogP contribution in [0.1, 0.15) is 25.7 Å². The summed E-state index contributed by atoms with van der Waals surface area (Å²) >= 11 is 0. The van der Waals surface area contributed by atoms with Gasteiger partial charge in [0.25, 0.3) is 0 Å². The van der Waals surface area contributed by atoms with Crippen LogP contribution in [-0.4, -0.2) is 70.5 Å². The topological polar surface area (TPSA) is 124 Å². The molecule has 2 fully saturated rings. The summed E-state index contributed by atoms with van der Waals surface area (Å²) in [4.78, 5) is 25.2. The summed E-state index contributed by atoms with van der Waals surface area (Å²) in [6.45, 7) is 3.05. The number of pyridine rings is 1. The van der Waals surface area contributed by atoms with Gasteiger partial charge in [-0.25, -0.2) is 24.9 Å². The number of anilines is 3. The van der Waals surface area contributed by atoms with Gasteiger partial charge >= 0.3 is 0 Å². The molecule has 0 amide bonds. The highest BCUT2D eigenvalue weighted by Crippen LogP contribution is 2.33. The molecule has 3 aromatic heterocycles. The number of nitrogens with one attached hydrogen (secondary N) is 1. The van der Waals surface area contributed by atoms with Gasteiger partial charge in [0.1, 0.15) is 18.0 Å². The van der Waals surface area contributed by atoms with Gasteiger partial charge in [0.15, 0.2) is 0 Å². The first-order valence-electron chi connectivity index (χ1n) is 12.5. The maximum atomic E-state index is 6.20. The zero-order valence-electron chi connectivity index (χ0n) is 20.4. The van der Waals surface area contributed by atoms with Crippen molar-refractivity contribution >= 4 is 39.4 Å². The maximum Gasteiger partial charge on any atom is 0.223 e. The van der Waals surface area contributed by atoms with E-state index in [4.69, 9.17) is 20.2 Å². The van der Waals surface area contributed by atoms with Gasteiger partial charge in [-0.15, -0.1) is 0 Å². The molecule has 0 atom stereocenters. The van der Waals surface area contributed by atoms with Gasteiger partial charge in [-0.05, 0) is 43.4 Å². The Morgan fingerprint density at radius 1 is 1.00 bits per heavy atom. The molecule has 1 aliphatic carbocycles.